The highest BCUT2D eigenvalue weighted by molar-refractivity contribution is 8.00. The van der Waals surface area contributed by atoms with Crippen LogP contribution in [-0.2, 0) is 9.59 Å². The van der Waals surface area contributed by atoms with Crippen LogP contribution < -0.4 is 9.80 Å². The van der Waals surface area contributed by atoms with Gasteiger partial charge in [0.25, 0.3) is 5.22 Å². The van der Waals surface area contributed by atoms with Gasteiger partial charge in [0.15, 0.2) is 5.58 Å². The molecule has 3 aromatic rings. The van der Waals surface area contributed by atoms with Gasteiger partial charge in [-0.05, 0) is 55.7 Å². The summed E-state index contributed by atoms with van der Waals surface area (Å²) >= 11 is 1.22. The maximum absolute atomic E-state index is 12.9. The molecule has 5 rings (SSSR count). The van der Waals surface area contributed by atoms with Gasteiger partial charge in [0.05, 0.1) is 5.69 Å². The molecular formula is C22H21N3O3S. The zero-order chi connectivity index (χ0) is 19.8. The van der Waals surface area contributed by atoms with E-state index in [1.165, 1.54) is 35.9 Å². The Morgan fingerprint density at radius 3 is 2.41 bits per heavy atom. The molecule has 2 amide bonds. The first-order valence-corrected chi connectivity index (χ1v) is 10.8. The van der Waals surface area contributed by atoms with E-state index in [9.17, 15) is 9.59 Å². The third-order valence-corrected chi connectivity index (χ3v) is 6.48. The number of rotatable bonds is 4. The molecule has 0 unspecified atom stereocenters. The van der Waals surface area contributed by atoms with E-state index in [0.29, 0.717) is 16.5 Å². The lowest BCUT2D eigenvalue weighted by atomic mass is 10.1. The van der Waals surface area contributed by atoms with Crippen LogP contribution in [0, 0.1) is 0 Å². The number of piperidine rings is 1. The van der Waals surface area contributed by atoms with Gasteiger partial charge in [0.2, 0.25) is 11.8 Å². The van der Waals surface area contributed by atoms with Gasteiger partial charge in [0, 0.05) is 25.2 Å². The van der Waals surface area contributed by atoms with Gasteiger partial charge in [0.1, 0.15) is 10.8 Å². The second-order valence-corrected chi connectivity index (χ2v) is 8.54. The summed E-state index contributed by atoms with van der Waals surface area (Å²) in [5.41, 5.74) is 3.19. The number of benzene rings is 2. The minimum Gasteiger partial charge on any atom is -0.431 e. The number of thioether (sulfide) groups is 1. The first kappa shape index (κ1) is 18.2. The fourth-order valence-corrected chi connectivity index (χ4v) is 4.92. The van der Waals surface area contributed by atoms with E-state index in [4.69, 9.17) is 4.42 Å². The largest absolute Gasteiger partial charge is 0.431 e. The molecule has 1 atom stereocenters. The monoisotopic (exact) mass is 407 g/mol. The van der Waals surface area contributed by atoms with Crippen molar-refractivity contribution >= 4 is 46.1 Å². The Bertz CT molecular complexity index is 1020. The molecule has 0 radical (unpaired) electrons. The number of hydrogen-bond acceptors (Lipinski definition) is 6. The molecule has 2 saturated heterocycles. The van der Waals surface area contributed by atoms with Gasteiger partial charge in [-0.2, -0.15) is 0 Å². The number of fused-ring (bicyclic) bond motifs is 1. The van der Waals surface area contributed by atoms with Crippen LogP contribution in [0.5, 0.6) is 0 Å². The van der Waals surface area contributed by atoms with E-state index in [0.717, 1.165) is 24.3 Å². The molecule has 2 fully saturated rings. The second-order valence-electron chi connectivity index (χ2n) is 7.39. The summed E-state index contributed by atoms with van der Waals surface area (Å²) in [5.74, 6) is -0.401. The zero-order valence-corrected chi connectivity index (χ0v) is 16.7. The van der Waals surface area contributed by atoms with Crippen LogP contribution in [0.4, 0.5) is 11.4 Å². The van der Waals surface area contributed by atoms with Crippen molar-refractivity contribution in [3.05, 3.63) is 48.5 Å². The highest BCUT2D eigenvalue weighted by Gasteiger charge is 2.41. The quantitative estimate of drug-likeness (QED) is 0.603. The van der Waals surface area contributed by atoms with Crippen molar-refractivity contribution in [1.29, 1.82) is 0 Å². The third-order valence-electron chi connectivity index (χ3n) is 5.45. The number of amides is 2. The first-order valence-electron chi connectivity index (χ1n) is 9.93. The van der Waals surface area contributed by atoms with E-state index in [-0.39, 0.29) is 18.2 Å². The van der Waals surface area contributed by atoms with Crippen molar-refractivity contribution in [3.8, 4) is 0 Å². The number of para-hydroxylation sites is 2. The summed E-state index contributed by atoms with van der Waals surface area (Å²) in [6, 6.07) is 15.2. The molecule has 7 heteroatoms. The van der Waals surface area contributed by atoms with Crippen molar-refractivity contribution in [2.24, 2.45) is 0 Å². The van der Waals surface area contributed by atoms with Crippen LogP contribution in [0.1, 0.15) is 25.7 Å². The van der Waals surface area contributed by atoms with Crippen molar-refractivity contribution in [2.75, 3.05) is 22.9 Å². The van der Waals surface area contributed by atoms with Gasteiger partial charge in [-0.15, -0.1) is 0 Å². The maximum atomic E-state index is 12.9. The minimum absolute atomic E-state index is 0.149. The fraction of sp³-hybridized carbons (Fsp3) is 0.318. The van der Waals surface area contributed by atoms with Crippen LogP contribution in [0.2, 0.25) is 0 Å². The smallest absolute Gasteiger partial charge is 0.257 e. The normalized spacial score (nSPS) is 20.1. The molecule has 2 aliphatic rings. The topological polar surface area (TPSA) is 66.7 Å². The predicted octanol–water partition coefficient (Wildman–Crippen LogP) is 4.24. The molecule has 148 valence electrons. The number of anilines is 2. The highest BCUT2D eigenvalue weighted by Crippen LogP contribution is 2.35. The second kappa shape index (κ2) is 7.55. The Balaban J connectivity index is 1.32. The summed E-state index contributed by atoms with van der Waals surface area (Å²) in [6.07, 6.45) is 3.85. The van der Waals surface area contributed by atoms with E-state index < -0.39 is 5.25 Å². The first-order chi connectivity index (χ1) is 14.2. The average Bonchev–Trinajstić information content (AvgIpc) is 3.28. The van der Waals surface area contributed by atoms with Gasteiger partial charge in [-0.3, -0.25) is 9.59 Å². The number of carbonyl (C=O) groups is 2. The molecule has 1 aromatic heterocycles. The lowest BCUT2D eigenvalue weighted by molar-refractivity contribution is -0.121. The Hall–Kier alpha value is -2.80. The molecule has 29 heavy (non-hydrogen) atoms. The molecule has 2 aliphatic heterocycles. The third kappa shape index (κ3) is 3.51. The number of carbonyl (C=O) groups excluding carboxylic acids is 2. The Morgan fingerprint density at radius 1 is 0.931 bits per heavy atom. The molecule has 0 aliphatic carbocycles. The van der Waals surface area contributed by atoms with Gasteiger partial charge in [-0.25, -0.2) is 9.88 Å². The SMILES string of the molecule is O=C1C[C@H](Sc2nc3ccccc3o2)C(=O)N1c1ccc(N2CCCCC2)cc1. The Morgan fingerprint density at radius 2 is 1.66 bits per heavy atom. The number of nitrogens with zero attached hydrogens (tertiary/aromatic N) is 3. The summed E-state index contributed by atoms with van der Waals surface area (Å²) in [6.45, 7) is 2.12. The average molecular weight is 407 g/mol. The Kier molecular flexibility index (Phi) is 4.75. The van der Waals surface area contributed by atoms with Crippen LogP contribution in [0.15, 0.2) is 58.2 Å². The molecule has 0 N–H and O–H groups in total. The van der Waals surface area contributed by atoms with Crippen LogP contribution in [0.3, 0.4) is 0 Å². The van der Waals surface area contributed by atoms with E-state index in [1.807, 2.05) is 48.5 Å². The van der Waals surface area contributed by atoms with Crippen molar-refractivity contribution < 1.29 is 14.0 Å². The predicted molar refractivity (Wildman–Crippen MR) is 113 cm³/mol. The molecule has 0 saturated carbocycles. The molecule has 6 nitrogen and oxygen atoms in total. The lowest BCUT2D eigenvalue weighted by Gasteiger charge is -2.29. The summed E-state index contributed by atoms with van der Waals surface area (Å²) in [5, 5.41) is -0.100. The number of imide groups is 1. The fourth-order valence-electron chi connectivity index (χ4n) is 3.96. The number of hydrogen-bond donors (Lipinski definition) is 0. The molecule has 0 spiro atoms. The lowest BCUT2D eigenvalue weighted by Crippen LogP contribution is -2.31. The summed E-state index contributed by atoms with van der Waals surface area (Å²) in [7, 11) is 0. The van der Waals surface area contributed by atoms with Crippen LogP contribution >= 0.6 is 11.8 Å². The maximum Gasteiger partial charge on any atom is 0.257 e. The van der Waals surface area contributed by atoms with Crippen molar-refractivity contribution in [2.45, 2.75) is 36.2 Å². The minimum atomic E-state index is -0.516. The zero-order valence-electron chi connectivity index (χ0n) is 15.9. The molecule has 3 heterocycles. The summed E-state index contributed by atoms with van der Waals surface area (Å²) < 4.78 is 5.70. The van der Waals surface area contributed by atoms with Gasteiger partial charge >= 0.3 is 0 Å². The van der Waals surface area contributed by atoms with E-state index >= 15 is 0 Å². The molecule has 2 aromatic carbocycles. The van der Waals surface area contributed by atoms with Crippen molar-refractivity contribution in [3.63, 3.8) is 0 Å². The highest BCUT2D eigenvalue weighted by atomic mass is 32.2. The van der Waals surface area contributed by atoms with E-state index in [1.54, 1.807) is 0 Å². The van der Waals surface area contributed by atoms with Crippen LogP contribution in [-0.4, -0.2) is 35.1 Å². The standard InChI is InChI=1S/C22H21N3O3S/c26-20-14-19(29-22-23-17-6-2-3-7-18(17)28-22)21(27)25(20)16-10-8-15(9-11-16)24-12-4-1-5-13-24/h2-3,6-11,19H,1,4-5,12-14H2/t19-/m0/s1. The Labute approximate surface area is 172 Å². The number of oxazole rings is 1. The van der Waals surface area contributed by atoms with Crippen LogP contribution in [0.25, 0.3) is 11.1 Å². The van der Waals surface area contributed by atoms with E-state index in [2.05, 4.69) is 9.88 Å². The van der Waals surface area contributed by atoms with Gasteiger partial charge in [-0.1, -0.05) is 23.9 Å². The molecule has 0 bridgehead atoms. The summed E-state index contributed by atoms with van der Waals surface area (Å²) in [4.78, 5) is 33.6. The molecular weight excluding hydrogens is 386 g/mol. The van der Waals surface area contributed by atoms with Gasteiger partial charge < -0.3 is 9.32 Å². The number of aromatic nitrogens is 1. The van der Waals surface area contributed by atoms with Crippen molar-refractivity contribution in [1.82, 2.24) is 4.98 Å².